The summed E-state index contributed by atoms with van der Waals surface area (Å²) >= 11 is 0. The van der Waals surface area contributed by atoms with Gasteiger partial charge in [0.05, 0.1) is 24.1 Å². The maximum atomic E-state index is 11.9. The summed E-state index contributed by atoms with van der Waals surface area (Å²) < 4.78 is 33.7. The Balaban J connectivity index is 0.00000136. The topological polar surface area (TPSA) is 84.1 Å². The second-order valence-corrected chi connectivity index (χ2v) is 7.85. The monoisotopic (exact) mass is 397 g/mol. The fourth-order valence-electron chi connectivity index (χ4n) is 2.96. The molecule has 0 atom stereocenters. The molecule has 6 nitrogen and oxygen atoms in total. The largest absolute Gasteiger partial charge is 0.497 e. The normalized spacial score (nSPS) is 10.7. The van der Waals surface area contributed by atoms with Gasteiger partial charge < -0.3 is 9.30 Å². The number of sulfonamides is 1. The average molecular weight is 398 g/mol. The third-order valence-corrected chi connectivity index (χ3v) is 5.65. The number of nitrogens with zero attached hydrogens (tertiary/aromatic N) is 2. The third-order valence-electron chi connectivity index (χ3n) is 4.16. The van der Waals surface area contributed by atoms with Crippen LogP contribution in [0, 0.1) is 11.8 Å². The fraction of sp³-hybridized carbons (Fsp3) is 0.190. The lowest BCUT2D eigenvalue weighted by atomic mass is 10.1. The van der Waals surface area contributed by atoms with E-state index < -0.39 is 10.0 Å². The van der Waals surface area contributed by atoms with E-state index in [1.165, 1.54) is 0 Å². The van der Waals surface area contributed by atoms with Gasteiger partial charge in [-0.3, -0.25) is 4.72 Å². The molecule has 0 spiro atoms. The summed E-state index contributed by atoms with van der Waals surface area (Å²) in [5.41, 5.74) is 3.51. The van der Waals surface area contributed by atoms with Crippen LogP contribution in [-0.2, 0) is 10.0 Å². The molecule has 3 aromatic rings. The van der Waals surface area contributed by atoms with Crippen LogP contribution in [0.3, 0.4) is 0 Å². The van der Waals surface area contributed by atoms with E-state index >= 15 is 0 Å². The van der Waals surface area contributed by atoms with Crippen molar-refractivity contribution in [1.29, 1.82) is 5.26 Å². The first-order chi connectivity index (χ1) is 13.5. The molecular weight excluding hydrogens is 374 g/mol. The maximum absolute atomic E-state index is 11.9. The highest BCUT2D eigenvalue weighted by Gasteiger charge is 2.12. The highest BCUT2D eigenvalue weighted by Crippen LogP contribution is 2.31. The van der Waals surface area contributed by atoms with Crippen molar-refractivity contribution in [3.63, 3.8) is 0 Å². The summed E-state index contributed by atoms with van der Waals surface area (Å²) in [6.07, 6.45) is 2.34. The summed E-state index contributed by atoms with van der Waals surface area (Å²) in [6.45, 7) is 9.25. The lowest BCUT2D eigenvalue weighted by Crippen LogP contribution is -2.15. The van der Waals surface area contributed by atoms with Crippen LogP contribution in [0.25, 0.3) is 28.4 Å². The molecule has 0 unspecified atom stereocenters. The number of anilines is 1. The van der Waals surface area contributed by atoms with Crippen LogP contribution in [0.15, 0.2) is 55.1 Å². The van der Waals surface area contributed by atoms with Gasteiger partial charge in [0, 0.05) is 29.9 Å². The average Bonchev–Trinajstić information content (AvgIpc) is 3.07. The molecule has 1 N–H and O–H groups in total. The van der Waals surface area contributed by atoms with Crippen molar-refractivity contribution in [2.45, 2.75) is 13.3 Å². The van der Waals surface area contributed by atoms with Gasteiger partial charge in [-0.15, -0.1) is 0 Å². The minimum atomic E-state index is -3.29. The van der Waals surface area contributed by atoms with Crippen molar-refractivity contribution < 1.29 is 13.2 Å². The Kier molecular flexibility index (Phi) is 6.85. The molecule has 1 aromatic heterocycles. The molecule has 0 fully saturated rings. The predicted octanol–water partition coefficient (Wildman–Crippen LogP) is 4.71. The molecule has 3 rings (SSSR count). The fourth-order valence-corrected chi connectivity index (χ4v) is 4.09. The summed E-state index contributed by atoms with van der Waals surface area (Å²) in [7, 11) is -1.65. The van der Waals surface area contributed by atoms with Gasteiger partial charge in [0.25, 0.3) is 0 Å². The third kappa shape index (κ3) is 4.53. The SMILES string of the molecule is C#N.C=Cn1c(-c2ccc(NS(=O)(=O)CCC)cc2)cc2ccc(OC)cc21. The van der Waals surface area contributed by atoms with Gasteiger partial charge in [0.1, 0.15) is 5.75 Å². The molecule has 28 heavy (non-hydrogen) atoms. The van der Waals surface area contributed by atoms with E-state index in [1.807, 2.05) is 41.8 Å². The van der Waals surface area contributed by atoms with E-state index in [2.05, 4.69) is 23.9 Å². The maximum Gasteiger partial charge on any atom is 0.232 e. The number of rotatable bonds is 7. The zero-order chi connectivity index (χ0) is 20.7. The molecular formula is C21H23N3O3S. The number of methoxy groups -OCH3 is 1. The molecule has 0 aliphatic carbocycles. The second kappa shape index (κ2) is 9.11. The Hall–Kier alpha value is -3.24. The van der Waals surface area contributed by atoms with Gasteiger partial charge in [-0.1, -0.05) is 25.6 Å². The number of hydrogen-bond acceptors (Lipinski definition) is 4. The lowest BCUT2D eigenvalue weighted by Gasteiger charge is -2.09. The summed E-state index contributed by atoms with van der Waals surface area (Å²) in [6, 6.07) is 15.3. The molecule has 7 heteroatoms. The second-order valence-electron chi connectivity index (χ2n) is 6.01. The number of nitriles is 1. The van der Waals surface area contributed by atoms with E-state index in [0.717, 1.165) is 27.9 Å². The zero-order valence-electron chi connectivity index (χ0n) is 15.9. The van der Waals surface area contributed by atoms with Crippen molar-refractivity contribution in [1.82, 2.24) is 4.57 Å². The standard InChI is InChI=1S/C20H22N2O3S.CHN/c1-4-12-26(23,24)21-17-9-6-15(7-10-17)19-13-16-8-11-18(25-3)14-20(16)22(19)5-2;1-2/h5-11,13-14,21H,2,4,12H2,1,3H3;1H. The quantitative estimate of drug-likeness (QED) is 0.626. The van der Waals surface area contributed by atoms with Crippen LogP contribution in [0.1, 0.15) is 13.3 Å². The Morgan fingerprint density at radius 1 is 1.18 bits per heavy atom. The van der Waals surface area contributed by atoms with Crippen molar-refractivity contribution in [3.8, 4) is 23.6 Å². The Morgan fingerprint density at radius 2 is 1.86 bits per heavy atom. The first-order valence-corrected chi connectivity index (χ1v) is 10.3. The minimum absolute atomic E-state index is 0.112. The first-order valence-electron chi connectivity index (χ1n) is 8.65. The summed E-state index contributed by atoms with van der Waals surface area (Å²) in [5, 5.41) is 7.58. The van der Waals surface area contributed by atoms with Gasteiger partial charge in [-0.05, 0) is 42.3 Å². The van der Waals surface area contributed by atoms with Gasteiger partial charge in [0.2, 0.25) is 10.0 Å². The summed E-state index contributed by atoms with van der Waals surface area (Å²) in [4.78, 5) is 0. The van der Waals surface area contributed by atoms with E-state index in [9.17, 15) is 8.42 Å². The van der Waals surface area contributed by atoms with Crippen molar-refractivity contribution in [2.75, 3.05) is 17.6 Å². The van der Waals surface area contributed by atoms with Crippen molar-refractivity contribution in [3.05, 3.63) is 55.1 Å². The van der Waals surface area contributed by atoms with Gasteiger partial charge >= 0.3 is 0 Å². The first kappa shape index (κ1) is 21.1. The van der Waals surface area contributed by atoms with Crippen molar-refractivity contribution >= 4 is 32.8 Å². The Morgan fingerprint density at radius 3 is 2.43 bits per heavy atom. The molecule has 0 saturated heterocycles. The van der Waals surface area contributed by atoms with E-state index in [1.54, 1.807) is 25.4 Å². The Labute approximate surface area is 165 Å². The number of ether oxygens (including phenoxy) is 1. The summed E-state index contributed by atoms with van der Waals surface area (Å²) in [5.74, 6) is 0.896. The number of benzene rings is 2. The highest BCUT2D eigenvalue weighted by molar-refractivity contribution is 7.92. The molecule has 0 saturated carbocycles. The van der Waals surface area contributed by atoms with Gasteiger partial charge in [-0.25, -0.2) is 13.7 Å². The smallest absolute Gasteiger partial charge is 0.232 e. The number of nitrogens with one attached hydrogen (secondary N) is 1. The Bertz CT molecular complexity index is 1080. The van der Waals surface area contributed by atoms with Crippen LogP contribution in [-0.4, -0.2) is 25.8 Å². The van der Waals surface area contributed by atoms with Crippen LogP contribution in [0.5, 0.6) is 5.75 Å². The molecule has 1 heterocycles. The van der Waals surface area contributed by atoms with Crippen LogP contribution >= 0.6 is 0 Å². The van der Waals surface area contributed by atoms with Crippen LogP contribution in [0.2, 0.25) is 0 Å². The van der Waals surface area contributed by atoms with E-state index in [0.29, 0.717) is 12.1 Å². The van der Waals surface area contributed by atoms with E-state index in [4.69, 9.17) is 10.00 Å². The molecule has 0 aliphatic rings. The number of aromatic nitrogens is 1. The molecule has 0 aliphatic heterocycles. The molecule has 0 amide bonds. The number of hydrogen-bond donors (Lipinski definition) is 1. The van der Waals surface area contributed by atoms with Crippen LogP contribution in [0.4, 0.5) is 5.69 Å². The van der Waals surface area contributed by atoms with E-state index in [-0.39, 0.29) is 5.75 Å². The zero-order valence-corrected chi connectivity index (χ0v) is 16.7. The number of fused-ring (bicyclic) bond motifs is 1. The molecule has 146 valence electrons. The molecule has 2 aromatic carbocycles. The predicted molar refractivity (Wildman–Crippen MR) is 115 cm³/mol. The highest BCUT2D eigenvalue weighted by atomic mass is 32.2. The van der Waals surface area contributed by atoms with Crippen molar-refractivity contribution in [2.24, 2.45) is 0 Å². The van der Waals surface area contributed by atoms with Crippen LogP contribution < -0.4 is 9.46 Å². The molecule has 0 bridgehead atoms. The minimum Gasteiger partial charge on any atom is -0.497 e. The van der Waals surface area contributed by atoms with Gasteiger partial charge in [0.15, 0.2) is 0 Å². The lowest BCUT2D eigenvalue weighted by molar-refractivity contribution is 0.415. The van der Waals surface area contributed by atoms with Gasteiger partial charge in [-0.2, -0.15) is 0 Å². The molecule has 0 radical (unpaired) electrons.